The van der Waals surface area contributed by atoms with Crippen molar-refractivity contribution in [3.05, 3.63) is 64.4 Å². The van der Waals surface area contributed by atoms with Gasteiger partial charge in [0.05, 0.1) is 0 Å². The highest BCUT2D eigenvalue weighted by atomic mass is 35.5. The lowest BCUT2D eigenvalue weighted by Crippen LogP contribution is -2.14. The van der Waals surface area contributed by atoms with Gasteiger partial charge in [0.25, 0.3) is 0 Å². The van der Waals surface area contributed by atoms with Crippen LogP contribution in [0, 0.1) is 5.82 Å². The summed E-state index contributed by atoms with van der Waals surface area (Å²) in [5, 5.41) is 3.81. The van der Waals surface area contributed by atoms with Crippen LogP contribution in [0.3, 0.4) is 0 Å². The summed E-state index contributed by atoms with van der Waals surface area (Å²) >= 11 is 5.84. The minimum absolute atomic E-state index is 0.0933. The van der Waals surface area contributed by atoms with Gasteiger partial charge >= 0.3 is 0 Å². The summed E-state index contributed by atoms with van der Waals surface area (Å²) in [7, 11) is 1.86. The molecule has 2 aromatic rings. The van der Waals surface area contributed by atoms with Crippen LogP contribution in [0.4, 0.5) is 4.39 Å². The molecule has 0 aliphatic rings. The summed E-state index contributed by atoms with van der Waals surface area (Å²) in [4.78, 5) is 0. The van der Waals surface area contributed by atoms with E-state index in [1.165, 1.54) is 12.1 Å². The van der Waals surface area contributed by atoms with E-state index in [1.54, 1.807) is 6.07 Å². The third kappa shape index (κ3) is 3.71. The minimum atomic E-state index is -0.303. The van der Waals surface area contributed by atoms with Gasteiger partial charge in [-0.2, -0.15) is 0 Å². The predicted octanol–water partition coefficient (Wildman–Crippen LogP) is 4.34. The highest BCUT2D eigenvalue weighted by Gasteiger charge is 2.11. The van der Waals surface area contributed by atoms with Crippen LogP contribution in [-0.4, -0.2) is 7.05 Å². The van der Waals surface area contributed by atoms with Crippen molar-refractivity contribution >= 4 is 11.6 Å². The van der Waals surface area contributed by atoms with Gasteiger partial charge in [-0.1, -0.05) is 29.8 Å². The Morgan fingerprint density at radius 1 is 1.20 bits per heavy atom. The van der Waals surface area contributed by atoms with E-state index < -0.39 is 0 Å². The molecule has 0 spiro atoms. The van der Waals surface area contributed by atoms with Crippen LogP contribution in [0.5, 0.6) is 5.75 Å². The second-order valence-corrected chi connectivity index (χ2v) is 5.04. The topological polar surface area (TPSA) is 21.3 Å². The molecule has 0 heterocycles. The van der Waals surface area contributed by atoms with E-state index in [0.717, 1.165) is 11.1 Å². The maximum Gasteiger partial charge on any atom is 0.127 e. The number of rotatable bonds is 5. The molecule has 0 aliphatic carbocycles. The van der Waals surface area contributed by atoms with Crippen LogP contribution >= 0.6 is 11.6 Å². The number of hydrogen-bond acceptors (Lipinski definition) is 2. The van der Waals surface area contributed by atoms with Crippen molar-refractivity contribution in [2.45, 2.75) is 19.6 Å². The highest BCUT2D eigenvalue weighted by Crippen LogP contribution is 2.26. The van der Waals surface area contributed by atoms with E-state index in [-0.39, 0.29) is 11.9 Å². The smallest absolute Gasteiger partial charge is 0.127 e. The Kier molecular flexibility index (Phi) is 4.99. The maximum absolute atomic E-state index is 13.4. The number of ether oxygens (including phenoxy) is 1. The molecule has 0 aromatic heterocycles. The molecule has 2 rings (SSSR count). The first-order valence-electron chi connectivity index (χ1n) is 6.44. The largest absolute Gasteiger partial charge is 0.488 e. The number of hydrogen-bond donors (Lipinski definition) is 1. The van der Waals surface area contributed by atoms with Crippen LogP contribution in [0.2, 0.25) is 5.02 Å². The SMILES string of the molecule is CNC(C)c1ccc(F)cc1OCc1ccc(Cl)cc1. The van der Waals surface area contributed by atoms with Crippen molar-refractivity contribution in [3.8, 4) is 5.75 Å². The van der Waals surface area contributed by atoms with Crippen LogP contribution in [0.1, 0.15) is 24.1 Å². The van der Waals surface area contributed by atoms with Gasteiger partial charge in [0, 0.05) is 22.7 Å². The standard InChI is InChI=1S/C16H17ClFNO/c1-11(19-2)15-8-7-14(18)9-16(15)20-10-12-3-5-13(17)6-4-12/h3-9,11,19H,10H2,1-2H3. The molecule has 0 saturated carbocycles. The van der Waals surface area contributed by atoms with Gasteiger partial charge in [-0.3, -0.25) is 0 Å². The molecule has 1 N–H and O–H groups in total. The van der Waals surface area contributed by atoms with Crippen LogP contribution < -0.4 is 10.1 Å². The van der Waals surface area contributed by atoms with E-state index in [9.17, 15) is 4.39 Å². The lowest BCUT2D eigenvalue weighted by atomic mass is 10.1. The van der Waals surface area contributed by atoms with Crippen molar-refractivity contribution in [2.75, 3.05) is 7.05 Å². The Labute approximate surface area is 123 Å². The number of nitrogens with one attached hydrogen (secondary N) is 1. The first kappa shape index (κ1) is 14.8. The zero-order valence-corrected chi connectivity index (χ0v) is 12.2. The minimum Gasteiger partial charge on any atom is -0.488 e. The fourth-order valence-electron chi connectivity index (χ4n) is 1.89. The molecular formula is C16H17ClFNO. The van der Waals surface area contributed by atoms with Crippen molar-refractivity contribution in [1.82, 2.24) is 5.32 Å². The zero-order chi connectivity index (χ0) is 14.5. The molecule has 0 fully saturated rings. The first-order valence-corrected chi connectivity index (χ1v) is 6.82. The molecule has 0 bridgehead atoms. The molecule has 0 saturated heterocycles. The third-order valence-corrected chi connectivity index (χ3v) is 3.43. The lowest BCUT2D eigenvalue weighted by molar-refractivity contribution is 0.298. The van der Waals surface area contributed by atoms with Crippen LogP contribution in [0.15, 0.2) is 42.5 Å². The molecule has 1 atom stereocenters. The number of halogens is 2. The zero-order valence-electron chi connectivity index (χ0n) is 11.5. The fourth-order valence-corrected chi connectivity index (χ4v) is 2.01. The molecule has 0 radical (unpaired) electrons. The molecule has 1 unspecified atom stereocenters. The summed E-state index contributed by atoms with van der Waals surface area (Å²) in [5.41, 5.74) is 1.92. The Bertz CT molecular complexity index is 571. The molecule has 2 nitrogen and oxygen atoms in total. The second kappa shape index (κ2) is 6.73. The summed E-state index contributed by atoms with van der Waals surface area (Å²) in [6.45, 7) is 2.38. The van der Waals surface area contributed by atoms with E-state index in [4.69, 9.17) is 16.3 Å². The molecule has 0 amide bonds. The van der Waals surface area contributed by atoms with Gasteiger partial charge in [-0.05, 0) is 37.7 Å². The Morgan fingerprint density at radius 2 is 1.90 bits per heavy atom. The average Bonchev–Trinajstić information content (AvgIpc) is 2.46. The summed E-state index contributed by atoms with van der Waals surface area (Å²) < 4.78 is 19.1. The van der Waals surface area contributed by atoms with Crippen LogP contribution in [-0.2, 0) is 6.61 Å². The van der Waals surface area contributed by atoms with Gasteiger partial charge in [-0.25, -0.2) is 4.39 Å². The van der Waals surface area contributed by atoms with E-state index in [0.29, 0.717) is 17.4 Å². The maximum atomic E-state index is 13.4. The first-order chi connectivity index (χ1) is 9.60. The third-order valence-electron chi connectivity index (χ3n) is 3.18. The van der Waals surface area contributed by atoms with Crippen molar-refractivity contribution in [1.29, 1.82) is 0 Å². The second-order valence-electron chi connectivity index (χ2n) is 4.61. The average molecular weight is 294 g/mol. The molecule has 2 aromatic carbocycles. The van der Waals surface area contributed by atoms with Crippen molar-refractivity contribution in [3.63, 3.8) is 0 Å². The van der Waals surface area contributed by atoms with E-state index in [1.807, 2.05) is 38.2 Å². The highest BCUT2D eigenvalue weighted by molar-refractivity contribution is 6.30. The molecule has 106 valence electrons. The van der Waals surface area contributed by atoms with Crippen molar-refractivity contribution < 1.29 is 9.13 Å². The Morgan fingerprint density at radius 3 is 2.55 bits per heavy atom. The van der Waals surface area contributed by atoms with Crippen molar-refractivity contribution in [2.24, 2.45) is 0 Å². The quantitative estimate of drug-likeness (QED) is 0.885. The van der Waals surface area contributed by atoms with E-state index in [2.05, 4.69) is 5.32 Å². The van der Waals surface area contributed by atoms with E-state index >= 15 is 0 Å². The lowest BCUT2D eigenvalue weighted by Gasteiger charge is -2.16. The molecule has 20 heavy (non-hydrogen) atoms. The Balaban J connectivity index is 2.15. The predicted molar refractivity (Wildman–Crippen MR) is 79.7 cm³/mol. The van der Waals surface area contributed by atoms with Crippen LogP contribution in [0.25, 0.3) is 0 Å². The fraction of sp³-hybridized carbons (Fsp3) is 0.250. The summed E-state index contributed by atoms with van der Waals surface area (Å²) in [6, 6.07) is 12.1. The molecule has 4 heteroatoms. The van der Waals surface area contributed by atoms with Gasteiger partial charge in [0.2, 0.25) is 0 Å². The summed E-state index contributed by atoms with van der Waals surface area (Å²) in [5.74, 6) is 0.255. The molecular weight excluding hydrogens is 277 g/mol. The summed E-state index contributed by atoms with van der Waals surface area (Å²) in [6.07, 6.45) is 0. The van der Waals surface area contributed by atoms with Gasteiger partial charge in [-0.15, -0.1) is 0 Å². The van der Waals surface area contributed by atoms with Gasteiger partial charge in [0.1, 0.15) is 18.2 Å². The van der Waals surface area contributed by atoms with Gasteiger partial charge in [0.15, 0.2) is 0 Å². The van der Waals surface area contributed by atoms with Gasteiger partial charge < -0.3 is 10.1 Å². The molecule has 0 aliphatic heterocycles. The monoisotopic (exact) mass is 293 g/mol. The normalized spacial score (nSPS) is 12.2. The Hall–Kier alpha value is -1.58. The number of benzene rings is 2.